The van der Waals surface area contributed by atoms with Gasteiger partial charge >= 0.3 is 0 Å². The molecule has 0 heterocycles. The zero-order valence-corrected chi connectivity index (χ0v) is 11.2. The van der Waals surface area contributed by atoms with Crippen LogP contribution in [0.2, 0.25) is 0 Å². The topological polar surface area (TPSA) is 12.0 Å². The molecule has 0 aromatic heterocycles. The van der Waals surface area contributed by atoms with Crippen molar-refractivity contribution < 1.29 is 0 Å². The van der Waals surface area contributed by atoms with Crippen molar-refractivity contribution in [2.24, 2.45) is 0 Å². The van der Waals surface area contributed by atoms with E-state index in [1.165, 1.54) is 22.4 Å². The molecule has 84 valence electrons. The van der Waals surface area contributed by atoms with E-state index in [1.807, 2.05) is 0 Å². The van der Waals surface area contributed by atoms with Crippen molar-refractivity contribution in [3.63, 3.8) is 0 Å². The summed E-state index contributed by atoms with van der Waals surface area (Å²) >= 11 is 4.20. The van der Waals surface area contributed by atoms with E-state index in [-0.39, 0.29) is 5.41 Å². The maximum atomic E-state index is 4.20. The SMILES string of the molecule is Cc1cc(C(C)(C)C)cc(C)c1NCS. The van der Waals surface area contributed by atoms with Crippen LogP contribution in [-0.2, 0) is 5.41 Å². The molecule has 0 aliphatic rings. The molecule has 1 N–H and O–H groups in total. The van der Waals surface area contributed by atoms with E-state index in [4.69, 9.17) is 0 Å². The molecule has 0 aliphatic heterocycles. The molecule has 1 rings (SSSR count). The Morgan fingerprint density at radius 3 is 1.93 bits per heavy atom. The molecule has 2 heteroatoms. The highest BCUT2D eigenvalue weighted by molar-refractivity contribution is 7.80. The number of benzene rings is 1. The third-order valence-electron chi connectivity index (χ3n) is 2.65. The van der Waals surface area contributed by atoms with E-state index in [2.05, 4.69) is 64.7 Å². The molecule has 1 aromatic carbocycles. The lowest BCUT2D eigenvalue weighted by molar-refractivity contribution is 0.589. The van der Waals surface area contributed by atoms with E-state index < -0.39 is 0 Å². The Kier molecular flexibility index (Phi) is 3.72. The van der Waals surface area contributed by atoms with Gasteiger partial charge in [0, 0.05) is 5.69 Å². The molecule has 0 atom stereocenters. The number of hydrogen-bond acceptors (Lipinski definition) is 2. The second kappa shape index (κ2) is 4.48. The number of thiol groups is 1. The van der Waals surface area contributed by atoms with Crippen molar-refractivity contribution in [1.82, 2.24) is 0 Å². The van der Waals surface area contributed by atoms with Crippen LogP contribution in [-0.4, -0.2) is 5.88 Å². The summed E-state index contributed by atoms with van der Waals surface area (Å²) < 4.78 is 0. The number of nitrogens with one attached hydrogen (secondary N) is 1. The van der Waals surface area contributed by atoms with E-state index in [0.29, 0.717) is 5.88 Å². The number of anilines is 1. The van der Waals surface area contributed by atoms with Crippen LogP contribution in [0, 0.1) is 13.8 Å². The monoisotopic (exact) mass is 223 g/mol. The molecule has 1 nitrogen and oxygen atoms in total. The molecule has 0 unspecified atom stereocenters. The summed E-state index contributed by atoms with van der Waals surface area (Å²) in [6, 6.07) is 4.53. The summed E-state index contributed by atoms with van der Waals surface area (Å²) in [5.41, 5.74) is 5.43. The van der Waals surface area contributed by atoms with Gasteiger partial charge in [-0.05, 0) is 36.0 Å². The van der Waals surface area contributed by atoms with Gasteiger partial charge in [-0.3, -0.25) is 0 Å². The van der Waals surface area contributed by atoms with Crippen molar-refractivity contribution in [3.05, 3.63) is 28.8 Å². The van der Waals surface area contributed by atoms with Crippen LogP contribution in [0.25, 0.3) is 0 Å². The molecule has 1 aromatic rings. The van der Waals surface area contributed by atoms with E-state index in [0.717, 1.165) is 0 Å². The standard InChI is InChI=1S/C13H21NS/c1-9-6-11(13(3,4)5)7-10(2)12(9)14-8-15/h6-7,14-15H,8H2,1-5H3. The molecule has 0 radical (unpaired) electrons. The predicted octanol–water partition coefficient (Wildman–Crippen LogP) is 3.90. The normalized spacial score (nSPS) is 11.6. The highest BCUT2D eigenvalue weighted by atomic mass is 32.1. The lowest BCUT2D eigenvalue weighted by Gasteiger charge is -2.22. The van der Waals surface area contributed by atoms with E-state index in [1.54, 1.807) is 0 Å². The van der Waals surface area contributed by atoms with Gasteiger partial charge in [0.25, 0.3) is 0 Å². The van der Waals surface area contributed by atoms with Gasteiger partial charge in [-0.25, -0.2) is 0 Å². The largest absolute Gasteiger partial charge is 0.376 e. The van der Waals surface area contributed by atoms with Crippen LogP contribution in [0.5, 0.6) is 0 Å². The molecule has 0 bridgehead atoms. The molecule has 0 spiro atoms. The van der Waals surface area contributed by atoms with E-state index >= 15 is 0 Å². The smallest absolute Gasteiger partial charge is 0.0581 e. The lowest BCUT2D eigenvalue weighted by Crippen LogP contribution is -2.12. The molecular formula is C13H21NS. The maximum Gasteiger partial charge on any atom is 0.0581 e. The van der Waals surface area contributed by atoms with Crippen LogP contribution in [0.3, 0.4) is 0 Å². The Hall–Kier alpha value is -0.630. The summed E-state index contributed by atoms with van der Waals surface area (Å²) in [5, 5.41) is 3.29. The summed E-state index contributed by atoms with van der Waals surface area (Å²) in [6.07, 6.45) is 0. The minimum Gasteiger partial charge on any atom is -0.376 e. The van der Waals surface area contributed by atoms with Gasteiger partial charge in [0.1, 0.15) is 0 Å². The zero-order valence-electron chi connectivity index (χ0n) is 10.3. The fourth-order valence-corrected chi connectivity index (χ4v) is 1.91. The second-order valence-electron chi connectivity index (χ2n) is 5.07. The van der Waals surface area contributed by atoms with Crippen molar-refractivity contribution in [2.45, 2.75) is 40.0 Å². The van der Waals surface area contributed by atoms with Gasteiger partial charge in [0.05, 0.1) is 5.88 Å². The fraction of sp³-hybridized carbons (Fsp3) is 0.538. The molecule has 0 saturated heterocycles. The first-order chi connectivity index (χ1) is 6.86. The Balaban J connectivity index is 3.19. The average molecular weight is 223 g/mol. The molecule has 0 fully saturated rings. The van der Waals surface area contributed by atoms with Gasteiger partial charge in [-0.2, -0.15) is 12.6 Å². The van der Waals surface area contributed by atoms with Gasteiger partial charge in [0.15, 0.2) is 0 Å². The van der Waals surface area contributed by atoms with Gasteiger partial charge < -0.3 is 5.32 Å². The Morgan fingerprint density at radius 1 is 1.13 bits per heavy atom. The van der Waals surface area contributed by atoms with Crippen molar-refractivity contribution >= 4 is 18.3 Å². The van der Waals surface area contributed by atoms with Crippen molar-refractivity contribution in [1.29, 1.82) is 0 Å². The molecule has 0 aliphatic carbocycles. The highest BCUT2D eigenvalue weighted by Crippen LogP contribution is 2.29. The highest BCUT2D eigenvalue weighted by Gasteiger charge is 2.15. The first kappa shape index (κ1) is 12.4. The van der Waals surface area contributed by atoms with Crippen LogP contribution in [0.15, 0.2) is 12.1 Å². The zero-order chi connectivity index (χ0) is 11.6. The average Bonchev–Trinajstić information content (AvgIpc) is 2.09. The molecular weight excluding hydrogens is 202 g/mol. The molecule has 15 heavy (non-hydrogen) atoms. The number of hydrogen-bond donors (Lipinski definition) is 2. The van der Waals surface area contributed by atoms with E-state index in [9.17, 15) is 0 Å². The Labute approximate surface area is 98.7 Å². The quantitative estimate of drug-likeness (QED) is 0.572. The second-order valence-corrected chi connectivity index (χ2v) is 5.39. The fourth-order valence-electron chi connectivity index (χ4n) is 1.75. The van der Waals surface area contributed by atoms with Crippen molar-refractivity contribution in [3.8, 4) is 0 Å². The maximum absolute atomic E-state index is 4.20. The summed E-state index contributed by atoms with van der Waals surface area (Å²) in [6.45, 7) is 11.0. The predicted molar refractivity (Wildman–Crippen MR) is 72.1 cm³/mol. The number of rotatable bonds is 2. The Bertz CT molecular complexity index is 327. The summed E-state index contributed by atoms with van der Waals surface area (Å²) in [4.78, 5) is 0. The van der Waals surface area contributed by atoms with Gasteiger partial charge in [-0.1, -0.05) is 32.9 Å². The first-order valence-electron chi connectivity index (χ1n) is 5.32. The molecule has 0 amide bonds. The van der Waals surface area contributed by atoms with Crippen LogP contribution < -0.4 is 5.32 Å². The Morgan fingerprint density at radius 2 is 1.60 bits per heavy atom. The summed E-state index contributed by atoms with van der Waals surface area (Å²) in [7, 11) is 0. The number of aryl methyl sites for hydroxylation is 2. The van der Waals surface area contributed by atoms with Gasteiger partial charge in [0.2, 0.25) is 0 Å². The van der Waals surface area contributed by atoms with Crippen LogP contribution >= 0.6 is 12.6 Å². The third-order valence-corrected chi connectivity index (χ3v) is 2.81. The lowest BCUT2D eigenvalue weighted by atomic mass is 9.85. The van der Waals surface area contributed by atoms with Crippen LogP contribution in [0.1, 0.15) is 37.5 Å². The van der Waals surface area contributed by atoms with Crippen molar-refractivity contribution in [2.75, 3.05) is 11.2 Å². The van der Waals surface area contributed by atoms with Crippen LogP contribution in [0.4, 0.5) is 5.69 Å². The first-order valence-corrected chi connectivity index (χ1v) is 5.96. The third kappa shape index (κ3) is 2.91. The minimum absolute atomic E-state index is 0.217. The molecule has 0 saturated carbocycles. The minimum atomic E-state index is 0.217. The summed E-state index contributed by atoms with van der Waals surface area (Å²) in [5.74, 6) is 0.677. The van der Waals surface area contributed by atoms with Gasteiger partial charge in [-0.15, -0.1) is 0 Å².